The van der Waals surface area contributed by atoms with Crippen molar-refractivity contribution >= 4 is 5.78 Å². The third-order valence-electron chi connectivity index (χ3n) is 3.48. The van der Waals surface area contributed by atoms with E-state index in [1.54, 1.807) is 0 Å². The second kappa shape index (κ2) is 12.1. The molecule has 0 aromatic carbocycles. The van der Waals surface area contributed by atoms with Crippen molar-refractivity contribution in [2.45, 2.75) is 53.9 Å². The Morgan fingerprint density at radius 1 is 1.30 bits per heavy atom. The summed E-state index contributed by atoms with van der Waals surface area (Å²) in [5.41, 5.74) is 0.892. The minimum absolute atomic E-state index is 0.159. The van der Waals surface area contributed by atoms with Crippen molar-refractivity contribution in [1.29, 1.82) is 0 Å². The molecule has 0 bridgehead atoms. The summed E-state index contributed by atoms with van der Waals surface area (Å²) in [6.45, 7) is 15.0. The topological polar surface area (TPSA) is 29.5 Å². The summed E-state index contributed by atoms with van der Waals surface area (Å²) in [7, 11) is 0. The lowest BCUT2D eigenvalue weighted by Crippen LogP contribution is -2.37. The Morgan fingerprint density at radius 3 is 2.35 bits per heavy atom. The number of carbonyl (C=O) groups excluding carboxylic acids is 1. The van der Waals surface area contributed by atoms with E-state index in [0.29, 0.717) is 5.78 Å². The van der Waals surface area contributed by atoms with Gasteiger partial charge in [0.05, 0.1) is 13.2 Å². The van der Waals surface area contributed by atoms with Gasteiger partial charge in [0.1, 0.15) is 0 Å². The zero-order valence-corrected chi connectivity index (χ0v) is 14.1. The van der Waals surface area contributed by atoms with Crippen LogP contribution in [0.2, 0.25) is 0 Å². The molecule has 0 saturated carbocycles. The van der Waals surface area contributed by atoms with Crippen LogP contribution >= 0.6 is 0 Å². The highest BCUT2D eigenvalue weighted by Crippen LogP contribution is 2.13. The van der Waals surface area contributed by atoms with E-state index in [4.69, 9.17) is 4.74 Å². The Morgan fingerprint density at radius 2 is 1.85 bits per heavy atom. The van der Waals surface area contributed by atoms with Gasteiger partial charge in [-0.2, -0.15) is 0 Å². The van der Waals surface area contributed by atoms with Crippen LogP contribution in [0.4, 0.5) is 0 Å². The minimum atomic E-state index is 0.159. The van der Waals surface area contributed by atoms with Crippen molar-refractivity contribution < 1.29 is 9.53 Å². The lowest BCUT2D eigenvalue weighted by molar-refractivity contribution is -0.118. The quantitative estimate of drug-likeness (QED) is 0.696. The lowest BCUT2D eigenvalue weighted by Gasteiger charge is -2.26. The maximum atomic E-state index is 11.9. The molecule has 1 heterocycles. The van der Waals surface area contributed by atoms with Crippen molar-refractivity contribution in [1.82, 2.24) is 4.90 Å². The number of ether oxygens (including phenoxy) is 1. The van der Waals surface area contributed by atoms with E-state index in [9.17, 15) is 4.79 Å². The minimum Gasteiger partial charge on any atom is -0.379 e. The van der Waals surface area contributed by atoms with Crippen molar-refractivity contribution in [2.75, 3.05) is 32.8 Å². The van der Waals surface area contributed by atoms with Gasteiger partial charge in [-0.05, 0) is 38.8 Å². The van der Waals surface area contributed by atoms with Crippen LogP contribution in [0.15, 0.2) is 11.6 Å². The molecule has 0 spiro atoms. The number of Topliss-reactive ketones (excluding diaryl/α,β-unsaturated/α-hetero) is 1. The molecule has 1 aliphatic rings. The normalized spacial score (nSPS) is 18.1. The number of morpholine rings is 1. The third-order valence-corrected chi connectivity index (χ3v) is 3.48. The Hall–Kier alpha value is -0.670. The molecule has 0 unspecified atom stereocenters. The average molecular weight is 283 g/mol. The Balaban J connectivity index is 0.00000110. The molecular formula is C17H33NO2. The predicted molar refractivity (Wildman–Crippen MR) is 86.1 cm³/mol. The Labute approximate surface area is 125 Å². The van der Waals surface area contributed by atoms with Gasteiger partial charge in [-0.3, -0.25) is 9.69 Å². The standard InChI is InChI=1S/C14H25NO2.C3H8/c1-4-12(2)14(16)13(3)6-5-7-15-8-10-17-11-9-15;1-3-2/h4,13H,5-11H2,1-3H3;3H2,1-2H3/b12-4-;/t13-;/m0./s1. The highest BCUT2D eigenvalue weighted by atomic mass is 16.5. The zero-order valence-electron chi connectivity index (χ0n) is 14.1. The summed E-state index contributed by atoms with van der Waals surface area (Å²) in [6, 6.07) is 0. The number of hydrogen-bond acceptors (Lipinski definition) is 3. The maximum Gasteiger partial charge on any atom is 0.161 e. The molecule has 0 aromatic rings. The fraction of sp³-hybridized carbons (Fsp3) is 0.824. The van der Waals surface area contributed by atoms with Gasteiger partial charge in [-0.1, -0.05) is 33.3 Å². The van der Waals surface area contributed by atoms with Crippen molar-refractivity contribution in [3.63, 3.8) is 0 Å². The molecule has 1 aliphatic heterocycles. The van der Waals surface area contributed by atoms with Gasteiger partial charge < -0.3 is 4.74 Å². The fourth-order valence-corrected chi connectivity index (χ4v) is 2.11. The molecule has 1 rings (SSSR count). The average Bonchev–Trinajstić information content (AvgIpc) is 2.47. The SMILES string of the molecule is C/C=C(/C)C(=O)[C@@H](C)CCCN1CCOCC1.CCC. The van der Waals surface area contributed by atoms with E-state index >= 15 is 0 Å². The fourth-order valence-electron chi connectivity index (χ4n) is 2.11. The van der Waals surface area contributed by atoms with Crippen LogP contribution in [0.1, 0.15) is 53.9 Å². The van der Waals surface area contributed by atoms with Gasteiger partial charge >= 0.3 is 0 Å². The first-order valence-corrected chi connectivity index (χ1v) is 8.03. The molecule has 0 aromatic heterocycles. The highest BCUT2D eigenvalue weighted by Gasteiger charge is 2.15. The van der Waals surface area contributed by atoms with E-state index < -0.39 is 0 Å². The predicted octanol–water partition coefficient (Wildman–Crippen LogP) is 3.69. The molecule has 0 aliphatic carbocycles. The van der Waals surface area contributed by atoms with Gasteiger partial charge in [-0.25, -0.2) is 0 Å². The van der Waals surface area contributed by atoms with Gasteiger partial charge in [0.2, 0.25) is 0 Å². The summed E-state index contributed by atoms with van der Waals surface area (Å²) in [6.07, 6.45) is 5.24. The van der Waals surface area contributed by atoms with E-state index in [2.05, 4.69) is 18.7 Å². The lowest BCUT2D eigenvalue weighted by atomic mass is 9.95. The molecule has 0 radical (unpaired) electrons. The molecule has 0 amide bonds. The summed E-state index contributed by atoms with van der Waals surface area (Å²) in [5.74, 6) is 0.460. The summed E-state index contributed by atoms with van der Waals surface area (Å²) < 4.78 is 5.31. The van der Waals surface area contributed by atoms with Crippen LogP contribution in [0.25, 0.3) is 0 Å². The molecule has 1 fully saturated rings. The van der Waals surface area contributed by atoms with Crippen LogP contribution < -0.4 is 0 Å². The number of hydrogen-bond donors (Lipinski definition) is 0. The number of nitrogens with zero attached hydrogens (tertiary/aromatic N) is 1. The van der Waals surface area contributed by atoms with E-state index in [1.165, 1.54) is 6.42 Å². The Bertz CT molecular complexity index is 281. The van der Waals surface area contributed by atoms with E-state index in [-0.39, 0.29) is 5.92 Å². The van der Waals surface area contributed by atoms with Gasteiger partial charge in [0.25, 0.3) is 0 Å². The van der Waals surface area contributed by atoms with Gasteiger partial charge in [0, 0.05) is 19.0 Å². The van der Waals surface area contributed by atoms with Crippen molar-refractivity contribution in [2.24, 2.45) is 5.92 Å². The maximum absolute atomic E-state index is 11.9. The molecule has 20 heavy (non-hydrogen) atoms. The van der Waals surface area contributed by atoms with Gasteiger partial charge in [-0.15, -0.1) is 0 Å². The summed E-state index contributed by atoms with van der Waals surface area (Å²) >= 11 is 0. The molecule has 1 atom stereocenters. The van der Waals surface area contributed by atoms with Crippen molar-refractivity contribution in [3.05, 3.63) is 11.6 Å². The summed E-state index contributed by atoms with van der Waals surface area (Å²) in [4.78, 5) is 14.3. The number of allylic oxidation sites excluding steroid dienone is 2. The van der Waals surface area contributed by atoms with E-state index in [1.807, 2.05) is 26.8 Å². The largest absolute Gasteiger partial charge is 0.379 e. The van der Waals surface area contributed by atoms with Crippen LogP contribution in [-0.4, -0.2) is 43.5 Å². The van der Waals surface area contributed by atoms with Crippen LogP contribution in [0.5, 0.6) is 0 Å². The molecular weight excluding hydrogens is 250 g/mol. The first-order valence-electron chi connectivity index (χ1n) is 8.03. The number of carbonyl (C=O) groups is 1. The molecule has 118 valence electrons. The second-order valence-electron chi connectivity index (χ2n) is 5.54. The number of ketones is 1. The van der Waals surface area contributed by atoms with Crippen LogP contribution in [0.3, 0.4) is 0 Å². The number of rotatable bonds is 6. The van der Waals surface area contributed by atoms with Crippen LogP contribution in [0, 0.1) is 5.92 Å². The van der Waals surface area contributed by atoms with E-state index in [0.717, 1.165) is 51.3 Å². The third kappa shape index (κ3) is 8.49. The first-order chi connectivity index (χ1) is 9.56. The van der Waals surface area contributed by atoms with Gasteiger partial charge in [0.15, 0.2) is 5.78 Å². The van der Waals surface area contributed by atoms with Crippen LogP contribution in [-0.2, 0) is 9.53 Å². The zero-order chi connectivity index (χ0) is 15.4. The Kier molecular flexibility index (Phi) is 11.7. The molecule has 0 N–H and O–H groups in total. The second-order valence-corrected chi connectivity index (χ2v) is 5.54. The molecule has 1 saturated heterocycles. The first kappa shape index (κ1) is 19.3. The smallest absolute Gasteiger partial charge is 0.161 e. The monoisotopic (exact) mass is 283 g/mol. The van der Waals surface area contributed by atoms with Crippen molar-refractivity contribution in [3.8, 4) is 0 Å². The highest BCUT2D eigenvalue weighted by molar-refractivity contribution is 5.96. The summed E-state index contributed by atoms with van der Waals surface area (Å²) in [5, 5.41) is 0. The molecule has 3 nitrogen and oxygen atoms in total. The molecule has 3 heteroatoms.